The van der Waals surface area contributed by atoms with Gasteiger partial charge in [-0.2, -0.15) is 5.10 Å². The van der Waals surface area contributed by atoms with Crippen LogP contribution >= 0.6 is 31.9 Å². The first-order chi connectivity index (χ1) is 9.92. The third-order valence-electron chi connectivity index (χ3n) is 2.99. The highest BCUT2D eigenvalue weighted by Gasteiger charge is 2.21. The summed E-state index contributed by atoms with van der Waals surface area (Å²) in [6, 6.07) is 3.53. The summed E-state index contributed by atoms with van der Waals surface area (Å²) in [5.41, 5.74) is 6.99. The van der Waals surface area contributed by atoms with E-state index in [4.69, 9.17) is 15.2 Å². The molecule has 2 rings (SSSR count). The van der Waals surface area contributed by atoms with Crippen LogP contribution in [0.4, 0.5) is 0 Å². The quantitative estimate of drug-likeness (QED) is 0.807. The first-order valence-electron chi connectivity index (χ1n) is 6.36. The second kappa shape index (κ2) is 6.81. The smallest absolute Gasteiger partial charge is 0.142 e. The van der Waals surface area contributed by atoms with Crippen molar-refractivity contribution in [3.8, 4) is 11.5 Å². The Morgan fingerprint density at radius 1 is 1.24 bits per heavy atom. The molecule has 0 saturated heterocycles. The summed E-state index contributed by atoms with van der Waals surface area (Å²) in [7, 11) is 3.48. The van der Waals surface area contributed by atoms with Crippen molar-refractivity contribution in [1.29, 1.82) is 0 Å². The van der Waals surface area contributed by atoms with Crippen LogP contribution in [0.25, 0.3) is 0 Å². The van der Waals surface area contributed by atoms with Crippen molar-refractivity contribution in [1.82, 2.24) is 9.78 Å². The predicted molar refractivity (Wildman–Crippen MR) is 88.6 cm³/mol. The van der Waals surface area contributed by atoms with Gasteiger partial charge in [0, 0.05) is 24.8 Å². The van der Waals surface area contributed by atoms with Crippen molar-refractivity contribution >= 4 is 31.9 Å². The SMILES string of the molecule is COc1cc(Br)c(OC(c2cnn(C)c2)C(C)N)cc1Br. The topological polar surface area (TPSA) is 62.3 Å². The molecule has 114 valence electrons. The van der Waals surface area contributed by atoms with E-state index in [2.05, 4.69) is 37.0 Å². The Kier molecular flexibility index (Phi) is 5.29. The minimum absolute atomic E-state index is 0.179. The highest BCUT2D eigenvalue weighted by molar-refractivity contribution is 9.11. The number of nitrogens with two attached hydrogens (primary N) is 1. The number of halogens is 2. The van der Waals surface area contributed by atoms with Crippen molar-refractivity contribution in [2.75, 3.05) is 7.11 Å². The van der Waals surface area contributed by atoms with Crippen LogP contribution in [-0.2, 0) is 7.05 Å². The zero-order valence-corrected chi connectivity index (χ0v) is 15.2. The van der Waals surface area contributed by atoms with Gasteiger partial charge in [0.05, 0.1) is 22.3 Å². The zero-order valence-electron chi connectivity index (χ0n) is 12.0. The molecule has 2 unspecified atom stereocenters. The molecule has 0 aliphatic heterocycles. The lowest BCUT2D eigenvalue weighted by atomic mass is 10.1. The van der Waals surface area contributed by atoms with E-state index in [9.17, 15) is 0 Å². The number of rotatable bonds is 5. The second-order valence-electron chi connectivity index (χ2n) is 4.76. The van der Waals surface area contributed by atoms with Crippen LogP contribution < -0.4 is 15.2 Å². The lowest BCUT2D eigenvalue weighted by Crippen LogP contribution is -2.28. The zero-order chi connectivity index (χ0) is 15.6. The average Bonchev–Trinajstić information content (AvgIpc) is 2.85. The van der Waals surface area contributed by atoms with Gasteiger partial charge < -0.3 is 15.2 Å². The normalized spacial score (nSPS) is 13.8. The summed E-state index contributed by atoms with van der Waals surface area (Å²) < 4.78 is 14.7. The maximum atomic E-state index is 6.08. The highest BCUT2D eigenvalue weighted by Crippen LogP contribution is 2.38. The molecule has 0 amide bonds. The fourth-order valence-corrected chi connectivity index (χ4v) is 2.86. The van der Waals surface area contributed by atoms with E-state index in [1.54, 1.807) is 18.0 Å². The standard InChI is InChI=1S/C14H17Br2N3O2/c1-8(17)14(9-6-18-19(2)7-9)21-13-5-10(15)12(20-3)4-11(13)16/h4-8,14H,17H2,1-3H3. The number of hydrogen-bond acceptors (Lipinski definition) is 4. The third kappa shape index (κ3) is 3.78. The Bertz CT molecular complexity index is 629. The Morgan fingerprint density at radius 3 is 2.38 bits per heavy atom. The largest absolute Gasteiger partial charge is 0.496 e. The highest BCUT2D eigenvalue weighted by atomic mass is 79.9. The molecule has 21 heavy (non-hydrogen) atoms. The Balaban J connectivity index is 2.31. The molecule has 0 bridgehead atoms. The maximum Gasteiger partial charge on any atom is 0.142 e. The minimum atomic E-state index is -0.282. The van der Waals surface area contributed by atoms with E-state index in [1.807, 2.05) is 32.3 Å². The number of benzene rings is 1. The van der Waals surface area contributed by atoms with Gasteiger partial charge >= 0.3 is 0 Å². The number of aromatic nitrogens is 2. The van der Waals surface area contributed by atoms with Crippen LogP contribution in [0.2, 0.25) is 0 Å². The Morgan fingerprint density at radius 2 is 1.86 bits per heavy atom. The van der Waals surface area contributed by atoms with Crippen LogP contribution in [0.15, 0.2) is 33.5 Å². The number of aryl methyl sites for hydroxylation is 1. The van der Waals surface area contributed by atoms with E-state index in [1.165, 1.54) is 0 Å². The number of hydrogen-bond donors (Lipinski definition) is 1. The number of nitrogens with zero attached hydrogens (tertiary/aromatic N) is 2. The molecule has 2 aromatic rings. The molecule has 0 radical (unpaired) electrons. The molecule has 0 fully saturated rings. The van der Waals surface area contributed by atoms with Crippen molar-refractivity contribution < 1.29 is 9.47 Å². The molecule has 0 aliphatic rings. The van der Waals surface area contributed by atoms with Crippen LogP contribution in [0, 0.1) is 0 Å². The van der Waals surface area contributed by atoms with Gasteiger partial charge in [0.1, 0.15) is 17.6 Å². The van der Waals surface area contributed by atoms with Gasteiger partial charge in [-0.3, -0.25) is 4.68 Å². The lowest BCUT2D eigenvalue weighted by Gasteiger charge is -2.22. The van der Waals surface area contributed by atoms with E-state index >= 15 is 0 Å². The maximum absolute atomic E-state index is 6.08. The summed E-state index contributed by atoms with van der Waals surface area (Å²) in [6.45, 7) is 1.91. The molecule has 0 saturated carbocycles. The molecule has 0 spiro atoms. The summed E-state index contributed by atoms with van der Waals surface area (Å²) in [5.74, 6) is 1.42. The average molecular weight is 419 g/mol. The van der Waals surface area contributed by atoms with Crippen molar-refractivity contribution in [2.45, 2.75) is 19.1 Å². The molecule has 1 heterocycles. The number of methoxy groups -OCH3 is 1. The monoisotopic (exact) mass is 417 g/mol. The molecule has 1 aromatic heterocycles. The van der Waals surface area contributed by atoms with Gasteiger partial charge in [-0.1, -0.05) is 0 Å². The predicted octanol–water partition coefficient (Wildman–Crippen LogP) is 3.42. The first kappa shape index (κ1) is 16.3. The van der Waals surface area contributed by atoms with Gasteiger partial charge in [0.25, 0.3) is 0 Å². The van der Waals surface area contributed by atoms with Gasteiger partial charge in [-0.05, 0) is 50.9 Å². The van der Waals surface area contributed by atoms with Crippen LogP contribution in [-0.4, -0.2) is 22.9 Å². The van der Waals surface area contributed by atoms with Gasteiger partial charge in [0.2, 0.25) is 0 Å². The van der Waals surface area contributed by atoms with E-state index in [0.29, 0.717) is 5.75 Å². The van der Waals surface area contributed by atoms with Crippen molar-refractivity contribution in [3.63, 3.8) is 0 Å². The number of ether oxygens (including phenoxy) is 2. The fourth-order valence-electron chi connectivity index (χ4n) is 1.96. The molecule has 0 aliphatic carbocycles. The van der Waals surface area contributed by atoms with E-state index in [-0.39, 0.29) is 12.1 Å². The summed E-state index contributed by atoms with van der Waals surface area (Å²) in [6.07, 6.45) is 3.39. The van der Waals surface area contributed by atoms with Gasteiger partial charge in [0.15, 0.2) is 0 Å². The van der Waals surface area contributed by atoms with Crippen LogP contribution in [0.1, 0.15) is 18.6 Å². The first-order valence-corrected chi connectivity index (χ1v) is 7.94. The lowest BCUT2D eigenvalue weighted by molar-refractivity contribution is 0.179. The molecule has 7 heteroatoms. The summed E-state index contributed by atoms with van der Waals surface area (Å²) in [4.78, 5) is 0. The van der Waals surface area contributed by atoms with Gasteiger partial charge in [-0.15, -0.1) is 0 Å². The van der Waals surface area contributed by atoms with E-state index in [0.717, 1.165) is 20.3 Å². The van der Waals surface area contributed by atoms with Crippen molar-refractivity contribution in [2.24, 2.45) is 12.8 Å². The molecule has 2 atom stereocenters. The molecular formula is C14H17Br2N3O2. The van der Waals surface area contributed by atoms with Crippen LogP contribution in [0.3, 0.4) is 0 Å². The summed E-state index contributed by atoms with van der Waals surface area (Å²) >= 11 is 6.95. The Hall–Kier alpha value is -1.05. The summed E-state index contributed by atoms with van der Waals surface area (Å²) in [5, 5.41) is 4.17. The third-order valence-corrected chi connectivity index (χ3v) is 4.23. The second-order valence-corrected chi connectivity index (χ2v) is 6.47. The Labute approximate surface area is 140 Å². The molecular weight excluding hydrogens is 402 g/mol. The molecule has 2 N–H and O–H groups in total. The van der Waals surface area contributed by atoms with E-state index < -0.39 is 0 Å². The van der Waals surface area contributed by atoms with Crippen LogP contribution in [0.5, 0.6) is 11.5 Å². The molecule has 1 aromatic carbocycles. The fraction of sp³-hybridized carbons (Fsp3) is 0.357. The van der Waals surface area contributed by atoms with Crippen molar-refractivity contribution in [3.05, 3.63) is 39.0 Å². The molecule has 5 nitrogen and oxygen atoms in total. The minimum Gasteiger partial charge on any atom is -0.496 e. The van der Waals surface area contributed by atoms with Gasteiger partial charge in [-0.25, -0.2) is 0 Å².